The van der Waals surface area contributed by atoms with Gasteiger partial charge in [-0.2, -0.15) is 0 Å². The summed E-state index contributed by atoms with van der Waals surface area (Å²) >= 11 is 0. The molecule has 2 aromatic rings. The van der Waals surface area contributed by atoms with Gasteiger partial charge in [0, 0.05) is 19.6 Å². The number of hydrogen-bond acceptors (Lipinski definition) is 1. The molecule has 4 unspecified atom stereocenters. The molecule has 0 bridgehead atoms. The maximum Gasteiger partial charge on any atom is 0.123 e. The number of benzene rings is 2. The van der Waals surface area contributed by atoms with Crippen LogP contribution >= 0.6 is 0 Å². The van der Waals surface area contributed by atoms with E-state index in [0.29, 0.717) is 11.8 Å². The van der Waals surface area contributed by atoms with Crippen molar-refractivity contribution in [2.75, 3.05) is 19.6 Å². The number of aryl methyl sites for hydroxylation is 1. The lowest BCUT2D eigenvalue weighted by molar-refractivity contribution is 0.277. The lowest BCUT2D eigenvalue weighted by Crippen LogP contribution is -2.27. The lowest BCUT2D eigenvalue weighted by Gasteiger charge is -2.26. The third-order valence-corrected chi connectivity index (χ3v) is 7.19. The van der Waals surface area contributed by atoms with Gasteiger partial charge in [0.05, 0.1) is 0 Å². The molecule has 2 aromatic carbocycles. The Morgan fingerprint density at radius 2 is 1.67 bits per heavy atom. The van der Waals surface area contributed by atoms with Crippen molar-refractivity contribution >= 4 is 0 Å². The van der Waals surface area contributed by atoms with Crippen molar-refractivity contribution in [1.82, 2.24) is 4.90 Å². The Balaban J connectivity index is 1.34. The van der Waals surface area contributed by atoms with E-state index < -0.39 is 0 Å². The maximum atomic E-state index is 13.4. The molecule has 2 fully saturated rings. The first-order chi connectivity index (χ1) is 13.0. The van der Waals surface area contributed by atoms with Crippen molar-refractivity contribution in [3.8, 4) is 0 Å². The summed E-state index contributed by atoms with van der Waals surface area (Å²) in [5.74, 6) is 3.46. The number of likely N-dealkylation sites (tertiary alicyclic amines) is 1. The third kappa shape index (κ3) is 3.96. The van der Waals surface area contributed by atoms with Crippen molar-refractivity contribution in [3.63, 3.8) is 0 Å². The van der Waals surface area contributed by atoms with E-state index in [9.17, 15) is 4.39 Å². The van der Waals surface area contributed by atoms with Crippen LogP contribution in [0.2, 0.25) is 0 Å². The predicted octanol–water partition coefficient (Wildman–Crippen LogP) is 6.00. The molecule has 2 aliphatic rings. The zero-order chi connectivity index (χ0) is 19.0. The molecular weight excluding hydrogens is 333 g/mol. The van der Waals surface area contributed by atoms with Crippen LogP contribution in [0, 0.1) is 30.5 Å². The van der Waals surface area contributed by atoms with Crippen LogP contribution in [0.15, 0.2) is 48.5 Å². The highest BCUT2D eigenvalue weighted by Gasteiger charge is 2.42. The summed E-state index contributed by atoms with van der Waals surface area (Å²) in [4.78, 5) is 2.69. The monoisotopic (exact) mass is 365 g/mol. The second-order valence-corrected chi connectivity index (χ2v) is 9.07. The van der Waals surface area contributed by atoms with Gasteiger partial charge in [-0.1, -0.05) is 50.2 Å². The van der Waals surface area contributed by atoms with Crippen LogP contribution in [0.25, 0.3) is 0 Å². The van der Waals surface area contributed by atoms with E-state index in [0.717, 1.165) is 23.3 Å². The number of halogens is 1. The van der Waals surface area contributed by atoms with Crippen molar-refractivity contribution in [2.24, 2.45) is 17.8 Å². The summed E-state index contributed by atoms with van der Waals surface area (Å²) in [6, 6.07) is 16.2. The fraction of sp³-hybridized carbons (Fsp3) is 0.520. The van der Waals surface area contributed by atoms with Crippen LogP contribution in [0.3, 0.4) is 0 Å². The van der Waals surface area contributed by atoms with Gasteiger partial charge < -0.3 is 4.90 Å². The highest BCUT2D eigenvalue weighted by molar-refractivity contribution is 5.30. The fourth-order valence-electron chi connectivity index (χ4n) is 5.68. The SMILES string of the molecule is Cc1cc(F)ccc1C(C)C1CC2CN(CC(C)c3ccccc3)CC2C1. The Morgan fingerprint density at radius 3 is 2.30 bits per heavy atom. The van der Waals surface area contributed by atoms with Crippen molar-refractivity contribution < 1.29 is 4.39 Å². The normalized spacial score (nSPS) is 27.5. The summed E-state index contributed by atoms with van der Waals surface area (Å²) in [6.45, 7) is 10.4. The first-order valence-corrected chi connectivity index (χ1v) is 10.5. The molecule has 1 nitrogen and oxygen atoms in total. The zero-order valence-corrected chi connectivity index (χ0v) is 16.9. The molecule has 144 valence electrons. The predicted molar refractivity (Wildman–Crippen MR) is 111 cm³/mol. The molecule has 0 amide bonds. The van der Waals surface area contributed by atoms with Gasteiger partial charge in [-0.3, -0.25) is 0 Å². The van der Waals surface area contributed by atoms with E-state index in [-0.39, 0.29) is 5.82 Å². The molecule has 4 rings (SSSR count). The molecule has 1 aliphatic carbocycles. The minimum Gasteiger partial charge on any atom is -0.302 e. The topological polar surface area (TPSA) is 3.24 Å². The molecule has 0 radical (unpaired) electrons. The summed E-state index contributed by atoms with van der Waals surface area (Å²) in [6.07, 6.45) is 2.66. The average Bonchev–Trinajstić information content (AvgIpc) is 3.20. The van der Waals surface area contributed by atoms with Crippen molar-refractivity contribution in [2.45, 2.75) is 45.4 Å². The van der Waals surface area contributed by atoms with Gasteiger partial charge in [-0.25, -0.2) is 4.39 Å². The Morgan fingerprint density at radius 1 is 1.00 bits per heavy atom. The summed E-state index contributed by atoms with van der Waals surface area (Å²) in [5, 5.41) is 0. The summed E-state index contributed by atoms with van der Waals surface area (Å²) in [7, 11) is 0. The summed E-state index contributed by atoms with van der Waals surface area (Å²) < 4.78 is 13.4. The van der Waals surface area contributed by atoms with Crippen LogP contribution in [0.4, 0.5) is 4.39 Å². The molecule has 27 heavy (non-hydrogen) atoms. The lowest BCUT2D eigenvalue weighted by atomic mass is 9.83. The van der Waals surface area contributed by atoms with Gasteiger partial charge in [-0.05, 0) is 78.2 Å². The van der Waals surface area contributed by atoms with E-state index >= 15 is 0 Å². The molecule has 0 spiro atoms. The van der Waals surface area contributed by atoms with Gasteiger partial charge in [0.1, 0.15) is 5.82 Å². The van der Waals surface area contributed by atoms with E-state index in [1.165, 1.54) is 43.6 Å². The zero-order valence-electron chi connectivity index (χ0n) is 16.9. The van der Waals surface area contributed by atoms with Crippen LogP contribution < -0.4 is 0 Å². The summed E-state index contributed by atoms with van der Waals surface area (Å²) in [5.41, 5.74) is 3.90. The molecule has 1 saturated carbocycles. The largest absolute Gasteiger partial charge is 0.302 e. The Labute approximate surface area is 163 Å². The van der Waals surface area contributed by atoms with Crippen LogP contribution in [-0.2, 0) is 0 Å². The van der Waals surface area contributed by atoms with Gasteiger partial charge >= 0.3 is 0 Å². The van der Waals surface area contributed by atoms with Crippen LogP contribution in [-0.4, -0.2) is 24.5 Å². The highest BCUT2D eigenvalue weighted by Crippen LogP contribution is 2.47. The second kappa shape index (κ2) is 7.75. The minimum atomic E-state index is -0.116. The smallest absolute Gasteiger partial charge is 0.123 e. The quantitative estimate of drug-likeness (QED) is 0.628. The molecule has 1 aliphatic heterocycles. The third-order valence-electron chi connectivity index (χ3n) is 7.19. The molecule has 1 saturated heterocycles. The van der Waals surface area contributed by atoms with Crippen molar-refractivity contribution in [3.05, 3.63) is 71.0 Å². The van der Waals surface area contributed by atoms with E-state index in [1.807, 2.05) is 6.07 Å². The number of nitrogens with zero attached hydrogens (tertiary/aromatic N) is 1. The highest BCUT2D eigenvalue weighted by atomic mass is 19.1. The van der Waals surface area contributed by atoms with Gasteiger partial charge in [0.25, 0.3) is 0 Å². The van der Waals surface area contributed by atoms with Crippen molar-refractivity contribution in [1.29, 1.82) is 0 Å². The van der Waals surface area contributed by atoms with Gasteiger partial charge in [0.15, 0.2) is 0 Å². The Kier molecular flexibility index (Phi) is 5.36. The number of fused-ring (bicyclic) bond motifs is 1. The number of rotatable bonds is 5. The second-order valence-electron chi connectivity index (χ2n) is 9.07. The van der Waals surface area contributed by atoms with Crippen LogP contribution in [0.5, 0.6) is 0 Å². The van der Waals surface area contributed by atoms with Gasteiger partial charge in [-0.15, -0.1) is 0 Å². The van der Waals surface area contributed by atoms with Crippen LogP contribution in [0.1, 0.15) is 55.2 Å². The molecular formula is C25H32FN. The van der Waals surface area contributed by atoms with Gasteiger partial charge in [0.2, 0.25) is 0 Å². The standard InChI is InChI=1S/C25H32FN/c1-17-11-24(26)9-10-25(17)19(3)21-12-22-15-27(16-23(22)13-21)14-18(2)20-7-5-4-6-8-20/h4-11,18-19,21-23H,12-16H2,1-3H3. The van der Waals surface area contributed by atoms with E-state index in [1.54, 1.807) is 12.1 Å². The Bertz CT molecular complexity index is 757. The molecule has 4 atom stereocenters. The average molecular weight is 366 g/mol. The molecule has 2 heteroatoms. The van der Waals surface area contributed by atoms with E-state index in [4.69, 9.17) is 0 Å². The first kappa shape index (κ1) is 18.7. The fourth-order valence-corrected chi connectivity index (χ4v) is 5.68. The molecule has 0 aromatic heterocycles. The molecule has 0 N–H and O–H groups in total. The number of hydrogen-bond donors (Lipinski definition) is 0. The first-order valence-electron chi connectivity index (χ1n) is 10.5. The minimum absolute atomic E-state index is 0.116. The molecule has 1 heterocycles. The maximum absolute atomic E-state index is 13.4. The Hall–Kier alpha value is -1.67. The van der Waals surface area contributed by atoms with E-state index in [2.05, 4.69) is 56.0 Å².